The molecule has 0 amide bonds. The van der Waals surface area contributed by atoms with Gasteiger partial charge < -0.3 is 14.7 Å². The van der Waals surface area contributed by atoms with Crippen LogP contribution in [0.4, 0.5) is 5.82 Å². The lowest BCUT2D eigenvalue weighted by Gasteiger charge is -2.24. The topological polar surface area (TPSA) is 50.0 Å². The Labute approximate surface area is 116 Å². The number of likely N-dealkylation sites (N-methyl/N-ethyl adjacent to an activating group) is 1. The molecule has 1 aliphatic heterocycles. The summed E-state index contributed by atoms with van der Waals surface area (Å²) in [5, 5.41) is 11.6. The van der Waals surface area contributed by atoms with E-state index in [1.807, 2.05) is 16.0 Å². The maximum Gasteiger partial charge on any atom is 0.195 e. The van der Waals surface area contributed by atoms with Crippen LogP contribution in [0.3, 0.4) is 0 Å². The number of aromatic nitrogens is 2. The predicted octanol–water partition coefficient (Wildman–Crippen LogP) is 1.89. The number of hydrogen-bond donors (Lipinski definition) is 1. The van der Waals surface area contributed by atoms with Crippen LogP contribution in [-0.2, 0) is 11.3 Å². The minimum atomic E-state index is 0.00918. The van der Waals surface area contributed by atoms with Crippen LogP contribution in [-0.4, -0.2) is 40.3 Å². The molecule has 1 unspecified atom stereocenters. The lowest BCUT2D eigenvalue weighted by atomic mass is 10.2. The summed E-state index contributed by atoms with van der Waals surface area (Å²) in [6.07, 6.45) is 4.52. The van der Waals surface area contributed by atoms with Gasteiger partial charge in [-0.3, -0.25) is 4.40 Å². The molecule has 6 heteroatoms. The van der Waals surface area contributed by atoms with Crippen molar-refractivity contribution in [1.29, 1.82) is 0 Å². The first-order valence-electron chi connectivity index (χ1n) is 6.75. The van der Waals surface area contributed by atoms with E-state index in [1.165, 1.54) is 0 Å². The Morgan fingerprint density at radius 2 is 2.53 bits per heavy atom. The number of imidazole rings is 1. The van der Waals surface area contributed by atoms with Crippen LogP contribution >= 0.6 is 11.3 Å². The smallest absolute Gasteiger partial charge is 0.195 e. The van der Waals surface area contributed by atoms with Gasteiger partial charge in [0, 0.05) is 31.3 Å². The van der Waals surface area contributed by atoms with Gasteiger partial charge in [-0.15, -0.1) is 11.3 Å². The highest BCUT2D eigenvalue weighted by Gasteiger charge is 2.23. The van der Waals surface area contributed by atoms with Gasteiger partial charge in [-0.25, -0.2) is 4.98 Å². The minimum Gasteiger partial charge on any atom is -0.390 e. The molecule has 5 nitrogen and oxygen atoms in total. The highest BCUT2D eigenvalue weighted by Crippen LogP contribution is 2.26. The van der Waals surface area contributed by atoms with Gasteiger partial charge in [0.15, 0.2) is 10.8 Å². The molecule has 3 rings (SSSR count). The second-order valence-corrected chi connectivity index (χ2v) is 5.64. The number of aliphatic hydroxyl groups is 1. The number of aliphatic hydroxyl groups excluding tert-OH is 1. The Hall–Kier alpha value is -1.11. The van der Waals surface area contributed by atoms with Gasteiger partial charge >= 0.3 is 0 Å². The number of thiazole rings is 1. The molecule has 1 atom stereocenters. The molecule has 2 aromatic rings. The summed E-state index contributed by atoms with van der Waals surface area (Å²) < 4.78 is 7.67. The van der Waals surface area contributed by atoms with Crippen LogP contribution in [0.5, 0.6) is 0 Å². The quantitative estimate of drug-likeness (QED) is 0.909. The van der Waals surface area contributed by atoms with Crippen molar-refractivity contribution in [3.05, 3.63) is 17.3 Å². The molecule has 2 aromatic heterocycles. The van der Waals surface area contributed by atoms with Crippen LogP contribution in [0.25, 0.3) is 4.96 Å². The van der Waals surface area contributed by atoms with E-state index < -0.39 is 0 Å². The Bertz CT molecular complexity index is 545. The molecule has 1 fully saturated rings. The first-order chi connectivity index (χ1) is 9.33. The largest absolute Gasteiger partial charge is 0.390 e. The monoisotopic (exact) mass is 281 g/mol. The SMILES string of the molecule is CCN(CC1CCCO1)c1nc2sccn2c1CO. The zero-order valence-corrected chi connectivity index (χ0v) is 11.9. The second kappa shape index (κ2) is 5.48. The summed E-state index contributed by atoms with van der Waals surface area (Å²) in [7, 11) is 0. The highest BCUT2D eigenvalue weighted by atomic mass is 32.1. The summed E-state index contributed by atoms with van der Waals surface area (Å²) >= 11 is 1.59. The van der Waals surface area contributed by atoms with Crippen molar-refractivity contribution in [1.82, 2.24) is 9.38 Å². The Morgan fingerprint density at radius 1 is 1.63 bits per heavy atom. The van der Waals surface area contributed by atoms with Crippen LogP contribution in [0.2, 0.25) is 0 Å². The summed E-state index contributed by atoms with van der Waals surface area (Å²) in [5.41, 5.74) is 0.871. The molecule has 0 bridgehead atoms. The second-order valence-electron chi connectivity index (χ2n) is 4.77. The molecule has 19 heavy (non-hydrogen) atoms. The Balaban J connectivity index is 1.88. The van der Waals surface area contributed by atoms with E-state index in [2.05, 4.69) is 16.8 Å². The van der Waals surface area contributed by atoms with Gasteiger partial charge in [-0.1, -0.05) is 0 Å². The van der Waals surface area contributed by atoms with E-state index in [-0.39, 0.29) is 6.61 Å². The summed E-state index contributed by atoms with van der Waals surface area (Å²) in [5.74, 6) is 0.896. The maximum absolute atomic E-state index is 9.61. The molecule has 1 N–H and O–H groups in total. The lowest BCUT2D eigenvalue weighted by molar-refractivity contribution is 0.115. The van der Waals surface area contributed by atoms with E-state index in [0.29, 0.717) is 6.10 Å². The maximum atomic E-state index is 9.61. The Morgan fingerprint density at radius 3 is 3.21 bits per heavy atom. The van der Waals surface area contributed by atoms with Crippen molar-refractivity contribution in [2.24, 2.45) is 0 Å². The number of ether oxygens (including phenoxy) is 1. The molecule has 0 spiro atoms. The standard InChI is InChI=1S/C13H19N3O2S/c1-2-15(8-10-4-3-6-18-10)12-11(9-17)16-5-7-19-13(16)14-12/h5,7,10,17H,2-4,6,8-9H2,1H3. The van der Waals surface area contributed by atoms with Crippen LogP contribution in [0.1, 0.15) is 25.5 Å². The van der Waals surface area contributed by atoms with Gasteiger partial charge in [-0.2, -0.15) is 0 Å². The van der Waals surface area contributed by atoms with Gasteiger partial charge in [0.05, 0.1) is 18.4 Å². The number of hydrogen-bond acceptors (Lipinski definition) is 5. The van der Waals surface area contributed by atoms with Crippen molar-refractivity contribution in [3.63, 3.8) is 0 Å². The summed E-state index contributed by atoms with van der Waals surface area (Å²) in [6, 6.07) is 0. The third kappa shape index (κ3) is 2.35. The van der Waals surface area contributed by atoms with Crippen molar-refractivity contribution in [2.75, 3.05) is 24.6 Å². The van der Waals surface area contributed by atoms with Crippen LogP contribution in [0.15, 0.2) is 11.6 Å². The average Bonchev–Trinajstić information content (AvgIpc) is 3.11. The molecular weight excluding hydrogens is 262 g/mol. The molecule has 0 saturated carbocycles. The molecule has 1 aliphatic rings. The number of rotatable bonds is 5. The van der Waals surface area contributed by atoms with Crippen molar-refractivity contribution in [3.8, 4) is 0 Å². The molecule has 3 heterocycles. The van der Waals surface area contributed by atoms with E-state index >= 15 is 0 Å². The fourth-order valence-corrected chi connectivity index (χ4v) is 3.35. The van der Waals surface area contributed by atoms with Gasteiger partial charge in [-0.05, 0) is 19.8 Å². The first kappa shape index (κ1) is 12.9. The van der Waals surface area contributed by atoms with Crippen molar-refractivity contribution in [2.45, 2.75) is 32.5 Å². The molecule has 1 saturated heterocycles. The molecular formula is C13H19N3O2S. The molecule has 0 radical (unpaired) electrons. The fraction of sp³-hybridized carbons (Fsp3) is 0.615. The van der Waals surface area contributed by atoms with Gasteiger partial charge in [0.1, 0.15) is 0 Å². The van der Waals surface area contributed by atoms with Crippen molar-refractivity contribution < 1.29 is 9.84 Å². The first-order valence-corrected chi connectivity index (χ1v) is 7.63. The third-order valence-corrected chi connectivity index (χ3v) is 4.38. The van der Waals surface area contributed by atoms with E-state index in [9.17, 15) is 5.11 Å². The normalized spacial score (nSPS) is 19.4. The summed E-state index contributed by atoms with van der Waals surface area (Å²) in [6.45, 7) is 4.72. The summed E-state index contributed by atoms with van der Waals surface area (Å²) in [4.78, 5) is 7.79. The van der Waals surface area contributed by atoms with Gasteiger partial charge in [0.25, 0.3) is 0 Å². The zero-order valence-electron chi connectivity index (χ0n) is 11.1. The number of nitrogens with zero attached hydrogens (tertiary/aromatic N) is 3. The van der Waals surface area contributed by atoms with Gasteiger partial charge in [0.2, 0.25) is 0 Å². The number of fused-ring (bicyclic) bond motifs is 1. The fourth-order valence-electron chi connectivity index (χ4n) is 2.62. The minimum absolute atomic E-state index is 0.00918. The zero-order chi connectivity index (χ0) is 13.2. The molecule has 0 aromatic carbocycles. The van der Waals surface area contributed by atoms with E-state index in [4.69, 9.17) is 4.74 Å². The number of anilines is 1. The molecule has 0 aliphatic carbocycles. The highest BCUT2D eigenvalue weighted by molar-refractivity contribution is 7.15. The van der Waals surface area contributed by atoms with Crippen LogP contribution < -0.4 is 4.90 Å². The predicted molar refractivity (Wildman–Crippen MR) is 75.9 cm³/mol. The van der Waals surface area contributed by atoms with Crippen LogP contribution in [0, 0.1) is 0 Å². The molecule has 104 valence electrons. The Kier molecular flexibility index (Phi) is 3.72. The lowest BCUT2D eigenvalue weighted by Crippen LogP contribution is -2.33. The van der Waals surface area contributed by atoms with E-state index in [0.717, 1.165) is 49.0 Å². The van der Waals surface area contributed by atoms with E-state index in [1.54, 1.807) is 11.3 Å². The average molecular weight is 281 g/mol. The van der Waals surface area contributed by atoms with Crippen molar-refractivity contribution >= 4 is 22.1 Å². The third-order valence-electron chi connectivity index (χ3n) is 3.62.